The van der Waals surface area contributed by atoms with Crippen LogP contribution in [0.3, 0.4) is 0 Å². The number of benzene rings is 1. The van der Waals surface area contributed by atoms with Crippen LogP contribution in [0.15, 0.2) is 36.8 Å². The van der Waals surface area contributed by atoms with E-state index in [1.807, 2.05) is 24.3 Å². The van der Waals surface area contributed by atoms with Gasteiger partial charge in [0.15, 0.2) is 0 Å². The van der Waals surface area contributed by atoms with Crippen molar-refractivity contribution in [3.63, 3.8) is 0 Å². The maximum atomic E-state index is 5.87. The molecule has 1 heterocycles. The molecule has 2 N–H and O–H groups in total. The number of nitrogens with two attached hydrogens (primary N) is 1. The zero-order chi connectivity index (χ0) is 9.97. The van der Waals surface area contributed by atoms with Crippen LogP contribution in [-0.2, 0) is 0 Å². The Morgan fingerprint density at radius 2 is 2.14 bits per heavy atom. The van der Waals surface area contributed by atoms with Crippen molar-refractivity contribution in [1.29, 1.82) is 0 Å². The van der Waals surface area contributed by atoms with Gasteiger partial charge in [0.1, 0.15) is 12.1 Å². The van der Waals surface area contributed by atoms with Crippen LogP contribution in [0.5, 0.6) is 0 Å². The maximum Gasteiger partial charge on any atom is 0.134 e. The van der Waals surface area contributed by atoms with Gasteiger partial charge >= 0.3 is 0 Å². The topological polar surface area (TPSA) is 51.8 Å². The van der Waals surface area contributed by atoms with E-state index in [9.17, 15) is 0 Å². The Morgan fingerprint density at radius 3 is 2.86 bits per heavy atom. The van der Waals surface area contributed by atoms with Gasteiger partial charge in [-0.1, -0.05) is 23.7 Å². The van der Waals surface area contributed by atoms with E-state index < -0.39 is 0 Å². The van der Waals surface area contributed by atoms with Gasteiger partial charge in [-0.05, 0) is 17.7 Å². The molecule has 0 fully saturated rings. The summed E-state index contributed by atoms with van der Waals surface area (Å²) in [5, 5.41) is 0.672. The summed E-state index contributed by atoms with van der Waals surface area (Å²) in [6.07, 6.45) is 3.09. The quantitative estimate of drug-likeness (QED) is 0.778. The third-order valence-corrected chi connectivity index (χ3v) is 2.11. The third-order valence-electron chi connectivity index (χ3n) is 1.88. The zero-order valence-corrected chi connectivity index (χ0v) is 8.07. The monoisotopic (exact) mass is 205 g/mol. The predicted molar refractivity (Wildman–Crippen MR) is 56.9 cm³/mol. The van der Waals surface area contributed by atoms with Gasteiger partial charge in [-0.15, -0.1) is 0 Å². The SMILES string of the molecule is Nc1ncncc1-c1cccc(Cl)c1. The number of halogens is 1. The first kappa shape index (κ1) is 8.97. The van der Waals surface area contributed by atoms with E-state index in [2.05, 4.69) is 9.97 Å². The van der Waals surface area contributed by atoms with Gasteiger partial charge in [0.2, 0.25) is 0 Å². The molecule has 0 unspecified atom stereocenters. The number of rotatable bonds is 1. The van der Waals surface area contributed by atoms with Crippen LogP contribution in [0, 0.1) is 0 Å². The molecular weight excluding hydrogens is 198 g/mol. The van der Waals surface area contributed by atoms with Crippen LogP contribution in [-0.4, -0.2) is 9.97 Å². The van der Waals surface area contributed by atoms with E-state index in [1.54, 1.807) is 6.20 Å². The van der Waals surface area contributed by atoms with E-state index in [0.717, 1.165) is 11.1 Å². The van der Waals surface area contributed by atoms with Gasteiger partial charge in [0.25, 0.3) is 0 Å². The van der Waals surface area contributed by atoms with Gasteiger partial charge in [0, 0.05) is 16.8 Å². The van der Waals surface area contributed by atoms with Crippen LogP contribution in [0.2, 0.25) is 5.02 Å². The summed E-state index contributed by atoms with van der Waals surface area (Å²) in [4.78, 5) is 7.83. The minimum absolute atomic E-state index is 0.460. The standard InChI is InChI=1S/C10H8ClN3/c11-8-3-1-2-7(4-8)9-5-13-6-14-10(9)12/h1-6H,(H2,12,13,14). The fourth-order valence-corrected chi connectivity index (χ4v) is 1.41. The highest BCUT2D eigenvalue weighted by Crippen LogP contribution is 2.25. The molecule has 14 heavy (non-hydrogen) atoms. The smallest absolute Gasteiger partial charge is 0.134 e. The molecule has 1 aromatic carbocycles. The molecule has 0 bridgehead atoms. The lowest BCUT2D eigenvalue weighted by Gasteiger charge is -2.03. The molecule has 0 aliphatic heterocycles. The van der Waals surface area contributed by atoms with Crippen LogP contribution >= 0.6 is 11.6 Å². The fraction of sp³-hybridized carbons (Fsp3) is 0. The summed E-state index contributed by atoms with van der Waals surface area (Å²) in [6, 6.07) is 7.42. The normalized spacial score (nSPS) is 10.1. The molecule has 1 aromatic heterocycles. The van der Waals surface area contributed by atoms with E-state index in [-0.39, 0.29) is 0 Å². The number of anilines is 1. The minimum atomic E-state index is 0.460. The Balaban J connectivity index is 2.55. The zero-order valence-electron chi connectivity index (χ0n) is 7.31. The second-order valence-electron chi connectivity index (χ2n) is 2.83. The van der Waals surface area contributed by atoms with Gasteiger partial charge < -0.3 is 5.73 Å². The van der Waals surface area contributed by atoms with Crippen LogP contribution in [0.1, 0.15) is 0 Å². The van der Waals surface area contributed by atoms with E-state index >= 15 is 0 Å². The molecule has 0 aliphatic carbocycles. The van der Waals surface area contributed by atoms with Crippen LogP contribution in [0.4, 0.5) is 5.82 Å². The maximum absolute atomic E-state index is 5.87. The second-order valence-corrected chi connectivity index (χ2v) is 3.27. The van der Waals surface area contributed by atoms with Crippen molar-refractivity contribution in [3.8, 4) is 11.1 Å². The summed E-state index contributed by atoms with van der Waals surface area (Å²) in [7, 11) is 0. The molecule has 4 heteroatoms. The molecule has 2 rings (SSSR count). The van der Waals surface area contributed by atoms with Crippen molar-refractivity contribution in [2.24, 2.45) is 0 Å². The largest absolute Gasteiger partial charge is 0.383 e. The number of nitrogen functional groups attached to an aromatic ring is 1. The highest BCUT2D eigenvalue weighted by atomic mass is 35.5. The van der Waals surface area contributed by atoms with Gasteiger partial charge in [-0.25, -0.2) is 9.97 Å². The molecule has 0 aliphatic rings. The highest BCUT2D eigenvalue weighted by Gasteiger charge is 2.03. The molecule has 70 valence electrons. The van der Waals surface area contributed by atoms with Crippen molar-refractivity contribution in [3.05, 3.63) is 41.8 Å². The van der Waals surface area contributed by atoms with Crippen LogP contribution < -0.4 is 5.73 Å². The Labute approximate surface area is 86.6 Å². The molecule has 0 saturated carbocycles. The summed E-state index contributed by atoms with van der Waals surface area (Å²) < 4.78 is 0. The van der Waals surface area contributed by atoms with E-state index in [0.29, 0.717) is 10.8 Å². The first-order valence-corrected chi connectivity index (χ1v) is 4.46. The fourth-order valence-electron chi connectivity index (χ4n) is 1.22. The van der Waals surface area contributed by atoms with E-state index in [4.69, 9.17) is 17.3 Å². The predicted octanol–water partition coefficient (Wildman–Crippen LogP) is 2.38. The lowest BCUT2D eigenvalue weighted by Crippen LogP contribution is -1.94. The Bertz CT molecular complexity index is 457. The summed E-state index contributed by atoms with van der Waals surface area (Å²) in [6.45, 7) is 0. The lowest BCUT2D eigenvalue weighted by molar-refractivity contribution is 1.18. The van der Waals surface area contributed by atoms with Crippen LogP contribution in [0.25, 0.3) is 11.1 Å². The molecule has 0 spiro atoms. The van der Waals surface area contributed by atoms with Crippen molar-refractivity contribution in [2.75, 3.05) is 5.73 Å². The van der Waals surface area contributed by atoms with Gasteiger partial charge in [0.05, 0.1) is 0 Å². The van der Waals surface area contributed by atoms with Crippen molar-refractivity contribution >= 4 is 17.4 Å². The number of aromatic nitrogens is 2. The molecule has 2 aromatic rings. The van der Waals surface area contributed by atoms with E-state index in [1.165, 1.54) is 6.33 Å². The Morgan fingerprint density at radius 1 is 1.29 bits per heavy atom. The highest BCUT2D eigenvalue weighted by molar-refractivity contribution is 6.30. The average Bonchev–Trinajstić information content (AvgIpc) is 2.18. The Hall–Kier alpha value is -1.61. The number of nitrogens with zero attached hydrogens (tertiary/aromatic N) is 2. The molecule has 0 atom stereocenters. The summed E-state index contributed by atoms with van der Waals surface area (Å²) >= 11 is 5.87. The van der Waals surface area contributed by atoms with Crippen molar-refractivity contribution < 1.29 is 0 Å². The minimum Gasteiger partial charge on any atom is -0.383 e. The Kier molecular flexibility index (Phi) is 2.33. The lowest BCUT2D eigenvalue weighted by atomic mass is 10.1. The van der Waals surface area contributed by atoms with Gasteiger partial charge in [-0.3, -0.25) is 0 Å². The van der Waals surface area contributed by atoms with Crippen molar-refractivity contribution in [2.45, 2.75) is 0 Å². The van der Waals surface area contributed by atoms with Gasteiger partial charge in [-0.2, -0.15) is 0 Å². The summed E-state index contributed by atoms with van der Waals surface area (Å²) in [5.41, 5.74) is 7.44. The first-order valence-electron chi connectivity index (χ1n) is 4.09. The number of hydrogen-bond acceptors (Lipinski definition) is 3. The molecule has 0 amide bonds. The average molecular weight is 206 g/mol. The molecule has 3 nitrogen and oxygen atoms in total. The first-order chi connectivity index (χ1) is 6.77. The molecule has 0 saturated heterocycles. The molecular formula is C10H8ClN3. The summed E-state index contributed by atoms with van der Waals surface area (Å²) in [5.74, 6) is 0.460. The third kappa shape index (κ3) is 1.67. The van der Waals surface area contributed by atoms with Crippen molar-refractivity contribution in [1.82, 2.24) is 9.97 Å². The molecule has 0 radical (unpaired) electrons. The number of hydrogen-bond donors (Lipinski definition) is 1. The second kappa shape index (κ2) is 3.64.